The maximum atomic E-state index is 5.28. The second kappa shape index (κ2) is 6.80. The zero-order chi connectivity index (χ0) is 20.9. The van der Waals surface area contributed by atoms with E-state index < -0.39 is 0 Å². The highest BCUT2D eigenvalue weighted by molar-refractivity contribution is 5.90. The lowest BCUT2D eigenvalue weighted by atomic mass is 9.97. The largest absolute Gasteiger partial charge is 0.481 e. The van der Waals surface area contributed by atoms with Crippen LogP contribution in [0.2, 0.25) is 0 Å². The van der Waals surface area contributed by atoms with Gasteiger partial charge in [0.05, 0.1) is 30.2 Å². The minimum absolute atomic E-state index is 0.0233. The third kappa shape index (κ3) is 3.07. The molecule has 0 fully saturated rings. The molecule has 150 valence electrons. The van der Waals surface area contributed by atoms with Gasteiger partial charge >= 0.3 is 0 Å². The average molecular weight is 396 g/mol. The second-order valence-electron chi connectivity index (χ2n) is 8.62. The zero-order valence-corrected chi connectivity index (χ0v) is 17.7. The monoisotopic (exact) mass is 396 g/mol. The molecule has 0 radical (unpaired) electrons. The summed E-state index contributed by atoms with van der Waals surface area (Å²) in [7, 11) is 1.63. The summed E-state index contributed by atoms with van der Waals surface area (Å²) in [5.41, 5.74) is 8.96. The van der Waals surface area contributed by atoms with E-state index >= 15 is 0 Å². The van der Waals surface area contributed by atoms with Crippen LogP contribution in [-0.2, 0) is 12.0 Å². The molecular formula is C25H24N4O. The number of rotatable bonds is 3. The molecule has 1 aliphatic carbocycles. The number of methoxy groups -OCH3 is 1. The van der Waals surface area contributed by atoms with Crippen LogP contribution in [0.3, 0.4) is 0 Å². The molecule has 0 atom stereocenters. The molecule has 0 amide bonds. The van der Waals surface area contributed by atoms with Gasteiger partial charge in [-0.25, -0.2) is 9.97 Å². The molecule has 5 heteroatoms. The van der Waals surface area contributed by atoms with E-state index in [-0.39, 0.29) is 5.54 Å². The lowest BCUT2D eigenvalue weighted by Gasteiger charge is -2.22. The highest BCUT2D eigenvalue weighted by Gasteiger charge is 2.21. The van der Waals surface area contributed by atoms with Gasteiger partial charge in [-0.3, -0.25) is 4.98 Å². The van der Waals surface area contributed by atoms with E-state index in [4.69, 9.17) is 9.72 Å². The molecule has 30 heavy (non-hydrogen) atoms. The Balaban J connectivity index is 1.59. The van der Waals surface area contributed by atoms with Crippen LogP contribution < -0.4 is 4.74 Å². The Hall–Kier alpha value is -3.47. The number of benzene rings is 1. The van der Waals surface area contributed by atoms with Gasteiger partial charge in [-0.2, -0.15) is 0 Å². The van der Waals surface area contributed by atoms with Gasteiger partial charge in [0.15, 0.2) is 0 Å². The van der Waals surface area contributed by atoms with Crippen LogP contribution in [0.25, 0.3) is 27.7 Å². The molecule has 0 saturated carbocycles. The third-order valence-electron chi connectivity index (χ3n) is 5.62. The van der Waals surface area contributed by atoms with Crippen molar-refractivity contribution in [2.75, 3.05) is 7.11 Å². The van der Waals surface area contributed by atoms with E-state index in [2.05, 4.69) is 65.6 Å². The summed E-state index contributed by atoms with van der Waals surface area (Å²) in [5, 5.41) is 0. The first-order valence-electron chi connectivity index (χ1n) is 10.1. The normalized spacial score (nSPS) is 13.4. The van der Waals surface area contributed by atoms with Crippen LogP contribution in [0.1, 0.15) is 37.6 Å². The zero-order valence-electron chi connectivity index (χ0n) is 17.7. The van der Waals surface area contributed by atoms with Crippen molar-refractivity contribution in [3.05, 3.63) is 78.0 Å². The topological polar surface area (TPSA) is 52.8 Å². The third-order valence-corrected chi connectivity index (χ3v) is 5.62. The van der Waals surface area contributed by atoms with Gasteiger partial charge < -0.3 is 9.30 Å². The summed E-state index contributed by atoms with van der Waals surface area (Å²) in [5.74, 6) is 0.602. The molecule has 0 unspecified atom stereocenters. The molecule has 0 aliphatic heterocycles. The number of fused-ring (bicyclic) bond motifs is 2. The fourth-order valence-electron chi connectivity index (χ4n) is 4.04. The molecular weight excluding hydrogens is 372 g/mol. The van der Waals surface area contributed by atoms with Crippen molar-refractivity contribution in [1.29, 1.82) is 0 Å². The van der Waals surface area contributed by atoms with Crippen molar-refractivity contribution in [2.24, 2.45) is 0 Å². The first-order valence-corrected chi connectivity index (χ1v) is 10.1. The fraction of sp³-hybridized carbons (Fsp3) is 0.240. The van der Waals surface area contributed by atoms with Crippen molar-refractivity contribution in [1.82, 2.24) is 19.5 Å². The Morgan fingerprint density at radius 2 is 1.80 bits per heavy atom. The molecule has 1 aliphatic rings. The van der Waals surface area contributed by atoms with Crippen LogP contribution in [0.5, 0.6) is 5.88 Å². The number of nitrogens with zero attached hydrogens (tertiary/aromatic N) is 4. The smallest absolute Gasteiger partial charge is 0.213 e. The van der Waals surface area contributed by atoms with Crippen LogP contribution in [0.4, 0.5) is 0 Å². The van der Waals surface area contributed by atoms with Gasteiger partial charge in [0.1, 0.15) is 0 Å². The van der Waals surface area contributed by atoms with Gasteiger partial charge in [-0.05, 0) is 61.7 Å². The Morgan fingerprint density at radius 1 is 0.933 bits per heavy atom. The maximum absolute atomic E-state index is 5.28. The number of hydrogen-bond donors (Lipinski definition) is 0. The predicted molar refractivity (Wildman–Crippen MR) is 120 cm³/mol. The Labute approximate surface area is 176 Å². The van der Waals surface area contributed by atoms with E-state index in [0.29, 0.717) is 5.88 Å². The SMILES string of the molecule is COc1cc(-c2cnc3c(c2)C(c2ccc4ncn(C(C)(C)C)c4c2)=CC3)ccn1. The Bertz CT molecular complexity index is 1290. The highest BCUT2D eigenvalue weighted by Crippen LogP contribution is 2.36. The molecule has 4 aromatic rings. The summed E-state index contributed by atoms with van der Waals surface area (Å²) in [4.78, 5) is 13.5. The lowest BCUT2D eigenvalue weighted by Crippen LogP contribution is -2.20. The van der Waals surface area contributed by atoms with Gasteiger partial charge in [0.2, 0.25) is 5.88 Å². The molecule has 3 aromatic heterocycles. The molecule has 5 nitrogen and oxygen atoms in total. The Kier molecular flexibility index (Phi) is 4.21. The molecule has 0 bridgehead atoms. The summed E-state index contributed by atoms with van der Waals surface area (Å²) in [6.45, 7) is 6.60. The van der Waals surface area contributed by atoms with Crippen molar-refractivity contribution >= 4 is 16.6 Å². The van der Waals surface area contributed by atoms with Crippen molar-refractivity contribution in [2.45, 2.75) is 32.7 Å². The van der Waals surface area contributed by atoms with Gasteiger partial charge in [-0.1, -0.05) is 12.1 Å². The predicted octanol–water partition coefficient (Wildman–Crippen LogP) is 5.24. The quantitative estimate of drug-likeness (QED) is 0.475. The Morgan fingerprint density at radius 3 is 2.60 bits per heavy atom. The van der Waals surface area contributed by atoms with Crippen LogP contribution in [0.15, 0.2) is 61.2 Å². The molecule has 0 saturated heterocycles. The van der Waals surface area contributed by atoms with Crippen LogP contribution in [0, 0.1) is 0 Å². The molecule has 3 heterocycles. The first-order chi connectivity index (χ1) is 14.4. The number of aromatic nitrogens is 4. The molecule has 1 aromatic carbocycles. The van der Waals surface area contributed by atoms with Gasteiger partial charge in [0.25, 0.3) is 0 Å². The summed E-state index contributed by atoms with van der Waals surface area (Å²) < 4.78 is 7.52. The summed E-state index contributed by atoms with van der Waals surface area (Å²) in [6, 6.07) is 12.7. The van der Waals surface area contributed by atoms with Crippen LogP contribution >= 0.6 is 0 Å². The highest BCUT2D eigenvalue weighted by atomic mass is 16.5. The molecule has 0 N–H and O–H groups in total. The summed E-state index contributed by atoms with van der Waals surface area (Å²) >= 11 is 0. The van der Waals surface area contributed by atoms with Crippen molar-refractivity contribution < 1.29 is 4.74 Å². The van der Waals surface area contributed by atoms with Crippen molar-refractivity contribution in [3.8, 4) is 17.0 Å². The summed E-state index contributed by atoms with van der Waals surface area (Å²) in [6.07, 6.45) is 8.75. The lowest BCUT2D eigenvalue weighted by molar-refractivity contribution is 0.398. The standard InChI is InChI=1S/C25H24N4O/c1-25(2,3)29-15-28-22-7-5-17(12-23(22)29)19-6-8-21-20(19)11-18(14-27-21)16-9-10-26-24(13-16)30-4/h5-7,9-15H,8H2,1-4H3. The molecule has 0 spiro atoms. The number of pyridine rings is 2. The number of hydrogen-bond acceptors (Lipinski definition) is 4. The van der Waals surface area contributed by atoms with Gasteiger partial charge in [0, 0.05) is 41.5 Å². The second-order valence-corrected chi connectivity index (χ2v) is 8.62. The van der Waals surface area contributed by atoms with Crippen molar-refractivity contribution in [3.63, 3.8) is 0 Å². The fourth-order valence-corrected chi connectivity index (χ4v) is 4.04. The van der Waals surface area contributed by atoms with E-state index in [1.165, 1.54) is 16.7 Å². The van der Waals surface area contributed by atoms with E-state index in [0.717, 1.165) is 34.3 Å². The van der Waals surface area contributed by atoms with Crippen LogP contribution in [-0.4, -0.2) is 26.6 Å². The van der Waals surface area contributed by atoms with E-state index in [9.17, 15) is 0 Å². The minimum Gasteiger partial charge on any atom is -0.481 e. The van der Waals surface area contributed by atoms with E-state index in [1.807, 2.05) is 24.7 Å². The average Bonchev–Trinajstić information content (AvgIpc) is 3.36. The number of imidazole rings is 1. The molecule has 5 rings (SSSR count). The van der Waals surface area contributed by atoms with E-state index in [1.54, 1.807) is 13.3 Å². The number of ether oxygens (including phenoxy) is 1. The maximum Gasteiger partial charge on any atom is 0.213 e. The first kappa shape index (κ1) is 18.6. The minimum atomic E-state index is -0.0233. The van der Waals surface area contributed by atoms with Gasteiger partial charge in [-0.15, -0.1) is 0 Å². The number of allylic oxidation sites excluding steroid dienone is 1.